The highest BCUT2D eigenvalue weighted by molar-refractivity contribution is 9.10. The zero-order valence-electron chi connectivity index (χ0n) is 19.2. The van der Waals surface area contributed by atoms with E-state index in [1.807, 2.05) is 54.6 Å². The Labute approximate surface area is 232 Å². The third-order valence-corrected chi connectivity index (χ3v) is 8.22. The molecule has 5 rings (SSSR count). The summed E-state index contributed by atoms with van der Waals surface area (Å²) in [6.07, 6.45) is 1.70. The fourth-order valence-corrected chi connectivity index (χ4v) is 5.44. The Balaban J connectivity index is 1.30. The van der Waals surface area contributed by atoms with Gasteiger partial charge in [0, 0.05) is 34.8 Å². The number of benzene rings is 3. The van der Waals surface area contributed by atoms with Crippen molar-refractivity contribution in [3.63, 3.8) is 0 Å². The van der Waals surface area contributed by atoms with Crippen LogP contribution in [0, 0.1) is 0 Å². The van der Waals surface area contributed by atoms with Crippen LogP contribution in [-0.4, -0.2) is 23.0 Å². The molecule has 0 amide bonds. The van der Waals surface area contributed by atoms with Crippen LogP contribution in [-0.2, 0) is 23.1 Å². The maximum absolute atomic E-state index is 12.5. The van der Waals surface area contributed by atoms with Crippen molar-refractivity contribution in [1.29, 1.82) is 0 Å². The summed E-state index contributed by atoms with van der Waals surface area (Å²) in [7, 11) is -3.63. The lowest BCUT2D eigenvalue weighted by Crippen LogP contribution is -2.23. The summed E-state index contributed by atoms with van der Waals surface area (Å²) in [6.45, 7) is 0.696. The lowest BCUT2D eigenvalue weighted by atomic mass is 10.1. The molecule has 2 aromatic heterocycles. The number of nitrogens with one attached hydrogen (secondary N) is 2. The van der Waals surface area contributed by atoms with Crippen molar-refractivity contribution in [2.75, 3.05) is 5.32 Å². The quantitative estimate of drug-likeness (QED) is 0.206. The van der Waals surface area contributed by atoms with Gasteiger partial charge in [0.25, 0.3) is 0 Å². The van der Waals surface area contributed by atoms with Gasteiger partial charge in [-0.25, -0.2) is 18.1 Å². The Hall–Kier alpha value is -2.95. The molecule has 11 heteroatoms. The standard InChI is InChI=1S/C26H20BrCl2N5O2S/c27-22-16-31-34-25(13-24(33-26(22)34)21-3-1-2-4-23(21)29)30-14-17-5-7-18(8-6-17)15-32-37(35,36)20-11-9-19(28)10-12-20/h1-13,16,30,32H,14-15H2. The second kappa shape index (κ2) is 10.8. The monoisotopic (exact) mass is 615 g/mol. The molecule has 3 aromatic carbocycles. The van der Waals surface area contributed by atoms with Gasteiger partial charge < -0.3 is 5.32 Å². The average molecular weight is 617 g/mol. The molecule has 0 fully saturated rings. The number of halogens is 3. The van der Waals surface area contributed by atoms with Crippen LogP contribution < -0.4 is 10.0 Å². The molecule has 0 atom stereocenters. The van der Waals surface area contributed by atoms with Crippen molar-refractivity contribution in [3.8, 4) is 11.3 Å². The molecule has 188 valence electrons. The molecular weight excluding hydrogens is 597 g/mol. The molecule has 0 radical (unpaired) electrons. The maximum Gasteiger partial charge on any atom is 0.240 e. The Morgan fingerprint density at radius 2 is 1.57 bits per heavy atom. The molecule has 2 N–H and O–H groups in total. The van der Waals surface area contributed by atoms with E-state index in [9.17, 15) is 8.42 Å². The minimum absolute atomic E-state index is 0.169. The van der Waals surface area contributed by atoms with E-state index in [0.29, 0.717) is 22.2 Å². The molecule has 2 heterocycles. The number of hydrogen-bond donors (Lipinski definition) is 2. The normalized spacial score (nSPS) is 11.6. The van der Waals surface area contributed by atoms with Crippen LogP contribution in [0.2, 0.25) is 10.0 Å². The summed E-state index contributed by atoms with van der Waals surface area (Å²) in [6, 6.07) is 23.2. The van der Waals surface area contributed by atoms with Crippen molar-refractivity contribution in [2.24, 2.45) is 0 Å². The predicted molar refractivity (Wildman–Crippen MR) is 150 cm³/mol. The zero-order valence-corrected chi connectivity index (χ0v) is 23.1. The fraction of sp³-hybridized carbons (Fsp3) is 0.0769. The van der Waals surface area contributed by atoms with Gasteiger partial charge in [-0.1, -0.05) is 65.7 Å². The van der Waals surface area contributed by atoms with Crippen LogP contribution in [0.1, 0.15) is 11.1 Å². The first kappa shape index (κ1) is 25.7. The van der Waals surface area contributed by atoms with E-state index in [2.05, 4.69) is 31.1 Å². The smallest absolute Gasteiger partial charge is 0.240 e. The molecular formula is C26H20BrCl2N5O2S. The third kappa shape index (κ3) is 5.81. The van der Waals surface area contributed by atoms with Gasteiger partial charge in [0.15, 0.2) is 5.65 Å². The number of sulfonamides is 1. The van der Waals surface area contributed by atoms with Gasteiger partial charge in [0.2, 0.25) is 10.0 Å². The van der Waals surface area contributed by atoms with E-state index in [0.717, 1.165) is 32.7 Å². The van der Waals surface area contributed by atoms with Gasteiger partial charge in [-0.05, 0) is 57.4 Å². The van der Waals surface area contributed by atoms with Crippen LogP contribution in [0.4, 0.5) is 5.82 Å². The second-order valence-electron chi connectivity index (χ2n) is 8.18. The van der Waals surface area contributed by atoms with E-state index in [1.54, 1.807) is 22.8 Å². The van der Waals surface area contributed by atoms with E-state index < -0.39 is 10.0 Å². The molecule has 0 aliphatic rings. The Morgan fingerprint density at radius 3 is 2.27 bits per heavy atom. The minimum atomic E-state index is -3.63. The lowest BCUT2D eigenvalue weighted by Gasteiger charge is -2.12. The van der Waals surface area contributed by atoms with Gasteiger partial charge in [-0.15, -0.1) is 0 Å². The molecule has 5 aromatic rings. The summed E-state index contributed by atoms with van der Waals surface area (Å²) >= 11 is 15.8. The minimum Gasteiger partial charge on any atom is -0.366 e. The van der Waals surface area contributed by atoms with E-state index in [1.165, 1.54) is 12.1 Å². The molecule has 0 aliphatic heterocycles. The molecule has 0 bridgehead atoms. The highest BCUT2D eigenvalue weighted by Crippen LogP contribution is 2.30. The topological polar surface area (TPSA) is 88.4 Å². The summed E-state index contributed by atoms with van der Waals surface area (Å²) in [5.74, 6) is 0.755. The number of rotatable bonds is 8. The molecule has 0 saturated heterocycles. The van der Waals surface area contributed by atoms with E-state index in [-0.39, 0.29) is 11.4 Å². The van der Waals surface area contributed by atoms with Crippen LogP contribution >= 0.6 is 39.1 Å². The van der Waals surface area contributed by atoms with Gasteiger partial charge in [0.05, 0.1) is 21.3 Å². The van der Waals surface area contributed by atoms with Crippen LogP contribution in [0.3, 0.4) is 0 Å². The first-order chi connectivity index (χ1) is 17.8. The van der Waals surface area contributed by atoms with Crippen molar-refractivity contribution >= 4 is 60.6 Å². The van der Waals surface area contributed by atoms with Crippen molar-refractivity contribution < 1.29 is 8.42 Å². The van der Waals surface area contributed by atoms with E-state index >= 15 is 0 Å². The van der Waals surface area contributed by atoms with Gasteiger partial charge in [0.1, 0.15) is 5.82 Å². The predicted octanol–water partition coefficient (Wildman–Crippen LogP) is 6.56. The molecule has 0 unspecified atom stereocenters. The lowest BCUT2D eigenvalue weighted by molar-refractivity contribution is 0.581. The largest absolute Gasteiger partial charge is 0.366 e. The second-order valence-corrected chi connectivity index (χ2v) is 11.6. The summed E-state index contributed by atoms with van der Waals surface area (Å²) in [4.78, 5) is 4.90. The van der Waals surface area contributed by atoms with Gasteiger partial charge >= 0.3 is 0 Å². The van der Waals surface area contributed by atoms with E-state index in [4.69, 9.17) is 28.2 Å². The highest BCUT2D eigenvalue weighted by atomic mass is 79.9. The molecule has 37 heavy (non-hydrogen) atoms. The van der Waals surface area contributed by atoms with Crippen molar-refractivity contribution in [1.82, 2.24) is 19.3 Å². The first-order valence-corrected chi connectivity index (χ1v) is 14.2. The summed E-state index contributed by atoms with van der Waals surface area (Å²) in [5.41, 5.74) is 4.07. The Bertz CT molecular complexity index is 1670. The summed E-state index contributed by atoms with van der Waals surface area (Å²) < 4.78 is 30.1. The molecule has 7 nitrogen and oxygen atoms in total. The SMILES string of the molecule is O=S(=O)(NCc1ccc(CNc2cc(-c3ccccc3Cl)nc3c(Br)cnn23)cc1)c1ccc(Cl)cc1. The number of aromatic nitrogens is 3. The Kier molecular flexibility index (Phi) is 7.50. The first-order valence-electron chi connectivity index (χ1n) is 11.2. The fourth-order valence-electron chi connectivity index (χ4n) is 3.71. The summed E-state index contributed by atoms with van der Waals surface area (Å²) in [5, 5.41) is 8.94. The van der Waals surface area contributed by atoms with Gasteiger partial charge in [-0.3, -0.25) is 0 Å². The molecule has 0 saturated carbocycles. The number of fused-ring (bicyclic) bond motifs is 1. The highest BCUT2D eigenvalue weighted by Gasteiger charge is 2.15. The zero-order chi connectivity index (χ0) is 26.0. The number of anilines is 1. The van der Waals surface area contributed by atoms with Crippen LogP contribution in [0.15, 0.2) is 94.4 Å². The van der Waals surface area contributed by atoms with Gasteiger partial charge in [-0.2, -0.15) is 9.61 Å². The van der Waals surface area contributed by atoms with Crippen LogP contribution in [0.5, 0.6) is 0 Å². The Morgan fingerprint density at radius 1 is 0.892 bits per heavy atom. The third-order valence-electron chi connectivity index (χ3n) is 5.67. The number of nitrogens with zero attached hydrogens (tertiary/aromatic N) is 3. The average Bonchev–Trinajstić information content (AvgIpc) is 3.28. The number of hydrogen-bond acceptors (Lipinski definition) is 5. The molecule has 0 spiro atoms. The van der Waals surface area contributed by atoms with Crippen molar-refractivity contribution in [2.45, 2.75) is 18.0 Å². The van der Waals surface area contributed by atoms with Crippen LogP contribution in [0.25, 0.3) is 16.9 Å². The van der Waals surface area contributed by atoms with Crippen molar-refractivity contribution in [3.05, 3.63) is 111 Å². The molecule has 0 aliphatic carbocycles. The maximum atomic E-state index is 12.5.